The number of halogens is 1. The van der Waals surface area contributed by atoms with E-state index in [1.807, 2.05) is 32.0 Å². The Bertz CT molecular complexity index is 1050. The fourth-order valence-corrected chi connectivity index (χ4v) is 3.52. The van der Waals surface area contributed by atoms with Gasteiger partial charge in [-0.3, -0.25) is 9.36 Å². The quantitative estimate of drug-likeness (QED) is 0.402. The Balaban J connectivity index is 1.64. The molecular weight excluding hydrogens is 403 g/mol. The number of carbonyl (C=O) groups excluding carboxylic acids is 1. The molecule has 1 heterocycles. The fourth-order valence-electron chi connectivity index (χ4n) is 2.75. The summed E-state index contributed by atoms with van der Waals surface area (Å²) in [7, 11) is 0. The molecule has 0 atom stereocenters. The topological polar surface area (TPSA) is 69.0 Å². The second-order valence-electron chi connectivity index (χ2n) is 6.60. The molecule has 3 rings (SSSR count). The van der Waals surface area contributed by atoms with E-state index in [9.17, 15) is 9.18 Å². The molecule has 1 N–H and O–H groups in total. The molecule has 156 valence electrons. The number of amides is 1. The Morgan fingerprint density at radius 1 is 1.23 bits per heavy atom. The van der Waals surface area contributed by atoms with Gasteiger partial charge < -0.3 is 10.1 Å². The zero-order valence-electron chi connectivity index (χ0n) is 16.9. The molecule has 2 aromatic carbocycles. The summed E-state index contributed by atoms with van der Waals surface area (Å²) in [6, 6.07) is 12.0. The Kier molecular flexibility index (Phi) is 7.24. The number of hydrogen-bond donors (Lipinski definition) is 1. The Morgan fingerprint density at radius 2 is 2.03 bits per heavy atom. The van der Waals surface area contributed by atoms with E-state index in [1.54, 1.807) is 28.8 Å². The van der Waals surface area contributed by atoms with Crippen molar-refractivity contribution in [2.45, 2.75) is 32.2 Å². The Labute approximate surface area is 179 Å². The van der Waals surface area contributed by atoms with Crippen molar-refractivity contribution in [2.24, 2.45) is 0 Å². The van der Waals surface area contributed by atoms with Crippen LogP contribution in [0.2, 0.25) is 0 Å². The highest BCUT2D eigenvalue weighted by Crippen LogP contribution is 2.22. The lowest BCUT2D eigenvalue weighted by Gasteiger charge is -2.11. The van der Waals surface area contributed by atoms with Crippen LogP contribution in [0.15, 0.2) is 60.3 Å². The first kappa shape index (κ1) is 21.6. The van der Waals surface area contributed by atoms with Gasteiger partial charge in [-0.05, 0) is 43.2 Å². The molecule has 0 radical (unpaired) electrons. The highest BCUT2D eigenvalue weighted by atomic mass is 32.2. The van der Waals surface area contributed by atoms with Crippen LogP contribution in [-0.2, 0) is 17.9 Å². The third kappa shape index (κ3) is 5.27. The number of thioether (sulfide) groups is 1. The summed E-state index contributed by atoms with van der Waals surface area (Å²) < 4.78 is 21.1. The van der Waals surface area contributed by atoms with E-state index in [4.69, 9.17) is 4.74 Å². The number of rotatable bonds is 9. The van der Waals surface area contributed by atoms with Crippen LogP contribution < -0.4 is 10.1 Å². The van der Waals surface area contributed by atoms with Gasteiger partial charge in [0.25, 0.3) is 0 Å². The number of anilines is 1. The number of para-hydroxylation sites is 1. The van der Waals surface area contributed by atoms with Gasteiger partial charge in [-0.15, -0.1) is 16.8 Å². The molecule has 1 amide bonds. The second kappa shape index (κ2) is 10.1. The molecule has 30 heavy (non-hydrogen) atoms. The van der Waals surface area contributed by atoms with Crippen molar-refractivity contribution in [3.05, 3.63) is 77.9 Å². The molecule has 8 heteroatoms. The molecule has 0 aliphatic carbocycles. The summed E-state index contributed by atoms with van der Waals surface area (Å²) in [4.78, 5) is 12.4. The average molecular weight is 427 g/mol. The van der Waals surface area contributed by atoms with Crippen LogP contribution in [-0.4, -0.2) is 26.4 Å². The maximum absolute atomic E-state index is 13.8. The van der Waals surface area contributed by atoms with Gasteiger partial charge in [-0.1, -0.05) is 42.1 Å². The minimum Gasteiger partial charge on any atom is -0.483 e. The number of carbonyl (C=O) groups is 1. The lowest BCUT2D eigenvalue weighted by molar-refractivity contribution is -0.113. The number of nitrogens with one attached hydrogen (secondary N) is 1. The molecule has 0 fully saturated rings. The third-order valence-electron chi connectivity index (χ3n) is 4.51. The van der Waals surface area contributed by atoms with Crippen LogP contribution in [0.3, 0.4) is 0 Å². The molecule has 0 spiro atoms. The normalized spacial score (nSPS) is 10.6. The molecule has 0 aliphatic rings. The number of nitrogens with zero attached hydrogens (tertiary/aromatic N) is 3. The van der Waals surface area contributed by atoms with E-state index in [0.717, 1.165) is 16.8 Å². The zero-order valence-corrected chi connectivity index (χ0v) is 17.7. The van der Waals surface area contributed by atoms with Crippen molar-refractivity contribution in [1.29, 1.82) is 0 Å². The largest absolute Gasteiger partial charge is 0.483 e. The summed E-state index contributed by atoms with van der Waals surface area (Å²) in [6.45, 7) is 8.23. The number of benzene rings is 2. The van der Waals surface area contributed by atoms with Crippen LogP contribution in [0.5, 0.6) is 5.75 Å². The minimum absolute atomic E-state index is 0.0526. The predicted octanol–water partition coefficient (Wildman–Crippen LogP) is 4.53. The second-order valence-corrected chi connectivity index (χ2v) is 7.54. The lowest BCUT2D eigenvalue weighted by Crippen LogP contribution is -2.16. The van der Waals surface area contributed by atoms with Crippen molar-refractivity contribution < 1.29 is 13.9 Å². The van der Waals surface area contributed by atoms with Crippen LogP contribution >= 0.6 is 11.8 Å². The summed E-state index contributed by atoms with van der Waals surface area (Å²) in [5.74, 6) is 0.274. The zero-order chi connectivity index (χ0) is 21.5. The Morgan fingerprint density at radius 3 is 2.80 bits per heavy atom. The van der Waals surface area contributed by atoms with Crippen LogP contribution in [0.4, 0.5) is 10.1 Å². The van der Waals surface area contributed by atoms with E-state index in [-0.39, 0.29) is 24.0 Å². The van der Waals surface area contributed by atoms with E-state index in [0.29, 0.717) is 17.5 Å². The first-order valence-corrected chi connectivity index (χ1v) is 10.4. The van der Waals surface area contributed by atoms with Crippen molar-refractivity contribution in [3.8, 4) is 5.75 Å². The monoisotopic (exact) mass is 426 g/mol. The average Bonchev–Trinajstić information content (AvgIpc) is 3.11. The maximum atomic E-state index is 13.8. The number of aromatic nitrogens is 3. The summed E-state index contributed by atoms with van der Waals surface area (Å²) in [6.07, 6.45) is 1.70. The number of ether oxygens (including phenoxy) is 1. The van der Waals surface area contributed by atoms with Crippen LogP contribution in [0.1, 0.15) is 17.0 Å². The molecule has 6 nitrogen and oxygen atoms in total. The summed E-state index contributed by atoms with van der Waals surface area (Å²) >= 11 is 1.27. The van der Waals surface area contributed by atoms with Gasteiger partial charge in [-0.25, -0.2) is 4.39 Å². The van der Waals surface area contributed by atoms with Gasteiger partial charge >= 0.3 is 0 Å². The van der Waals surface area contributed by atoms with E-state index in [2.05, 4.69) is 22.1 Å². The van der Waals surface area contributed by atoms with Crippen LogP contribution in [0, 0.1) is 19.7 Å². The molecule has 0 bridgehead atoms. The molecule has 1 aromatic heterocycles. The lowest BCUT2D eigenvalue weighted by atomic mass is 10.1. The maximum Gasteiger partial charge on any atom is 0.234 e. The van der Waals surface area contributed by atoms with E-state index in [1.165, 1.54) is 17.8 Å². The van der Waals surface area contributed by atoms with Crippen molar-refractivity contribution in [3.63, 3.8) is 0 Å². The third-order valence-corrected chi connectivity index (χ3v) is 5.48. The first-order valence-electron chi connectivity index (χ1n) is 9.38. The summed E-state index contributed by atoms with van der Waals surface area (Å²) in [5, 5.41) is 11.8. The number of allylic oxidation sites excluding steroid dienone is 1. The standard InChI is InChI=1S/C22H23FN4O2S/c1-4-12-27-20(13-29-19-11-6-5-9-17(19)23)25-26-22(27)30-14-21(28)24-18-10-7-8-15(2)16(18)3/h4-11H,1,12-14H2,2-3H3,(H,24,28). The van der Waals surface area contributed by atoms with Gasteiger partial charge in [-0.2, -0.15) is 0 Å². The SMILES string of the molecule is C=CCn1c(COc2ccccc2F)nnc1SCC(=O)Nc1cccc(C)c1C. The highest BCUT2D eigenvalue weighted by Gasteiger charge is 2.15. The first-order chi connectivity index (χ1) is 14.5. The van der Waals surface area contributed by atoms with Crippen LogP contribution in [0.25, 0.3) is 0 Å². The molecule has 0 unspecified atom stereocenters. The number of hydrogen-bond acceptors (Lipinski definition) is 5. The number of aryl methyl sites for hydroxylation is 1. The smallest absolute Gasteiger partial charge is 0.234 e. The predicted molar refractivity (Wildman–Crippen MR) is 116 cm³/mol. The minimum atomic E-state index is -0.440. The van der Waals surface area contributed by atoms with Crippen molar-refractivity contribution in [2.75, 3.05) is 11.1 Å². The van der Waals surface area contributed by atoms with Gasteiger partial charge in [0.2, 0.25) is 5.91 Å². The van der Waals surface area contributed by atoms with Gasteiger partial charge in [0.1, 0.15) is 6.61 Å². The fraction of sp³-hybridized carbons (Fsp3) is 0.227. The van der Waals surface area contributed by atoms with Gasteiger partial charge in [0.15, 0.2) is 22.5 Å². The summed E-state index contributed by atoms with van der Waals surface area (Å²) in [5.41, 5.74) is 2.95. The van der Waals surface area contributed by atoms with Crippen molar-refractivity contribution >= 4 is 23.4 Å². The van der Waals surface area contributed by atoms with E-state index >= 15 is 0 Å². The van der Waals surface area contributed by atoms with Gasteiger partial charge in [0.05, 0.1) is 5.75 Å². The molecular formula is C22H23FN4O2S. The van der Waals surface area contributed by atoms with E-state index < -0.39 is 5.82 Å². The Hall–Kier alpha value is -3.13. The molecule has 0 aliphatic heterocycles. The molecule has 0 saturated carbocycles. The molecule has 0 saturated heterocycles. The highest BCUT2D eigenvalue weighted by molar-refractivity contribution is 7.99. The molecule has 3 aromatic rings. The van der Waals surface area contributed by atoms with Crippen molar-refractivity contribution in [1.82, 2.24) is 14.8 Å². The van der Waals surface area contributed by atoms with Gasteiger partial charge in [0, 0.05) is 12.2 Å².